The third kappa shape index (κ3) is 5.01. The molecule has 1 aromatic rings. The number of halogens is 1. The van der Waals surface area contributed by atoms with Crippen molar-refractivity contribution in [3.63, 3.8) is 0 Å². The highest BCUT2D eigenvalue weighted by atomic mass is 79.9. The molecule has 0 bridgehead atoms. The van der Waals surface area contributed by atoms with Gasteiger partial charge >= 0.3 is 5.97 Å². The Bertz CT molecular complexity index is 490. The molecule has 1 fully saturated rings. The number of carbonyl (C=O) groups is 1. The fourth-order valence-corrected chi connectivity index (χ4v) is 3.91. The maximum absolute atomic E-state index is 12.1. The van der Waals surface area contributed by atoms with Crippen molar-refractivity contribution in [1.29, 1.82) is 0 Å². The maximum Gasteiger partial charge on any atom is 0.325 e. The number of esters is 1. The first-order valence-corrected chi connectivity index (χ1v) is 8.88. The van der Waals surface area contributed by atoms with Gasteiger partial charge in [-0.25, -0.2) is 0 Å². The average Bonchev–Trinajstić information content (AvgIpc) is 3.23. The molecule has 1 aromatic carbocycles. The van der Waals surface area contributed by atoms with Crippen molar-refractivity contribution in [2.75, 3.05) is 7.11 Å². The zero-order valence-corrected chi connectivity index (χ0v) is 15.1. The Morgan fingerprint density at radius 1 is 1.48 bits per heavy atom. The summed E-state index contributed by atoms with van der Waals surface area (Å²) in [5.74, 6) is -0.169. The summed E-state index contributed by atoms with van der Waals surface area (Å²) in [4.78, 5) is 13.3. The predicted octanol–water partition coefficient (Wildman–Crippen LogP) is 4.00. The van der Waals surface area contributed by atoms with Crippen LogP contribution in [0.5, 0.6) is 0 Å². The van der Waals surface area contributed by atoms with Gasteiger partial charge in [-0.2, -0.15) is 0 Å². The number of carbonyl (C=O) groups excluding carboxylic acids is 1. The second-order valence-corrected chi connectivity index (χ2v) is 8.26. The van der Waals surface area contributed by atoms with Gasteiger partial charge in [-0.05, 0) is 50.5 Å². The molecule has 0 aromatic heterocycles. The Kier molecular flexibility index (Phi) is 5.74. The van der Waals surface area contributed by atoms with E-state index in [1.54, 1.807) is 11.8 Å². The molecule has 1 aliphatic rings. The minimum atomic E-state index is -0.600. The molecule has 1 saturated carbocycles. The molecule has 0 heterocycles. The van der Waals surface area contributed by atoms with Crippen LogP contribution >= 0.6 is 27.7 Å². The van der Waals surface area contributed by atoms with E-state index in [1.165, 1.54) is 12.0 Å². The number of hydrogen-bond acceptors (Lipinski definition) is 4. The summed E-state index contributed by atoms with van der Waals surface area (Å²) in [6.45, 7) is 4.11. The SMILES string of the molecule is COC(=O)C(C)(CC(C)Sc1ccc(Br)cc1)NC1CC1. The van der Waals surface area contributed by atoms with Gasteiger partial charge in [-0.3, -0.25) is 10.1 Å². The minimum absolute atomic E-state index is 0.169. The van der Waals surface area contributed by atoms with Crippen LogP contribution in [0.2, 0.25) is 0 Å². The summed E-state index contributed by atoms with van der Waals surface area (Å²) in [6.07, 6.45) is 3.05. The maximum atomic E-state index is 12.1. The highest BCUT2D eigenvalue weighted by molar-refractivity contribution is 9.10. The first kappa shape index (κ1) is 16.8. The Morgan fingerprint density at radius 3 is 2.62 bits per heavy atom. The number of benzene rings is 1. The van der Waals surface area contributed by atoms with E-state index in [2.05, 4.69) is 40.3 Å². The van der Waals surface area contributed by atoms with Gasteiger partial charge in [0.2, 0.25) is 0 Å². The van der Waals surface area contributed by atoms with Crippen LogP contribution in [0.4, 0.5) is 0 Å². The molecular weight excluding hydrogens is 350 g/mol. The van der Waals surface area contributed by atoms with Gasteiger partial charge in [0.05, 0.1) is 7.11 Å². The molecule has 1 aliphatic carbocycles. The zero-order valence-electron chi connectivity index (χ0n) is 12.7. The standard InChI is InChI=1S/C16H22BrNO2S/c1-11(21-14-8-4-12(17)5-9-14)10-16(2,15(19)20-3)18-13-6-7-13/h4-5,8-9,11,13,18H,6-7,10H2,1-3H3. The van der Waals surface area contributed by atoms with Crippen LogP contribution in [0, 0.1) is 0 Å². The molecule has 0 aliphatic heterocycles. The second-order valence-electron chi connectivity index (χ2n) is 5.83. The monoisotopic (exact) mass is 371 g/mol. The number of thioether (sulfide) groups is 1. The van der Waals surface area contributed by atoms with Crippen molar-refractivity contribution in [3.05, 3.63) is 28.7 Å². The quantitative estimate of drug-likeness (QED) is 0.580. The minimum Gasteiger partial charge on any atom is -0.468 e. The molecule has 2 rings (SSSR count). The lowest BCUT2D eigenvalue weighted by atomic mass is 9.96. The first-order chi connectivity index (χ1) is 9.93. The van der Waals surface area contributed by atoms with Gasteiger partial charge in [0.25, 0.3) is 0 Å². The van der Waals surface area contributed by atoms with E-state index in [0.29, 0.717) is 11.3 Å². The van der Waals surface area contributed by atoms with Crippen LogP contribution in [0.3, 0.4) is 0 Å². The van der Waals surface area contributed by atoms with Gasteiger partial charge in [0.15, 0.2) is 0 Å². The topological polar surface area (TPSA) is 38.3 Å². The molecule has 1 N–H and O–H groups in total. The van der Waals surface area contributed by atoms with Crippen LogP contribution in [0.1, 0.15) is 33.1 Å². The number of ether oxygens (including phenoxy) is 1. The summed E-state index contributed by atoms with van der Waals surface area (Å²) in [7, 11) is 1.46. The average molecular weight is 372 g/mol. The Labute approximate surface area is 139 Å². The van der Waals surface area contributed by atoms with Gasteiger partial charge < -0.3 is 4.74 Å². The number of methoxy groups -OCH3 is 1. The molecule has 0 spiro atoms. The number of hydrogen-bond donors (Lipinski definition) is 1. The molecule has 0 amide bonds. The van der Waals surface area contributed by atoms with Crippen LogP contribution in [0.15, 0.2) is 33.6 Å². The molecule has 2 atom stereocenters. The molecule has 3 nitrogen and oxygen atoms in total. The van der Waals surface area contributed by atoms with Crippen molar-refractivity contribution < 1.29 is 9.53 Å². The summed E-state index contributed by atoms with van der Waals surface area (Å²) < 4.78 is 6.07. The molecule has 5 heteroatoms. The lowest BCUT2D eigenvalue weighted by Gasteiger charge is -2.30. The van der Waals surface area contributed by atoms with Crippen LogP contribution in [0.25, 0.3) is 0 Å². The van der Waals surface area contributed by atoms with E-state index < -0.39 is 5.54 Å². The lowest BCUT2D eigenvalue weighted by Crippen LogP contribution is -2.52. The molecule has 116 valence electrons. The lowest BCUT2D eigenvalue weighted by molar-refractivity contribution is -0.148. The van der Waals surface area contributed by atoms with Crippen molar-refractivity contribution in [1.82, 2.24) is 5.32 Å². The third-order valence-electron chi connectivity index (χ3n) is 3.58. The van der Waals surface area contributed by atoms with E-state index in [0.717, 1.165) is 23.7 Å². The Balaban J connectivity index is 1.98. The molecule has 21 heavy (non-hydrogen) atoms. The molecular formula is C16H22BrNO2S. The van der Waals surface area contributed by atoms with Crippen LogP contribution < -0.4 is 5.32 Å². The smallest absolute Gasteiger partial charge is 0.325 e. The molecule has 0 radical (unpaired) electrons. The van der Waals surface area contributed by atoms with Crippen molar-refractivity contribution in [2.24, 2.45) is 0 Å². The van der Waals surface area contributed by atoms with E-state index in [1.807, 2.05) is 19.1 Å². The fourth-order valence-electron chi connectivity index (χ4n) is 2.47. The van der Waals surface area contributed by atoms with Crippen molar-refractivity contribution in [3.8, 4) is 0 Å². The van der Waals surface area contributed by atoms with Crippen LogP contribution in [-0.2, 0) is 9.53 Å². The molecule has 2 unspecified atom stereocenters. The fraction of sp³-hybridized carbons (Fsp3) is 0.562. The largest absolute Gasteiger partial charge is 0.468 e. The van der Waals surface area contributed by atoms with Gasteiger partial charge in [0, 0.05) is 20.7 Å². The summed E-state index contributed by atoms with van der Waals surface area (Å²) in [5.41, 5.74) is -0.600. The van der Waals surface area contributed by atoms with Gasteiger partial charge in [-0.1, -0.05) is 22.9 Å². The van der Waals surface area contributed by atoms with Gasteiger partial charge in [-0.15, -0.1) is 11.8 Å². The second kappa shape index (κ2) is 7.16. The van der Waals surface area contributed by atoms with E-state index in [4.69, 9.17) is 4.74 Å². The zero-order chi connectivity index (χ0) is 15.5. The van der Waals surface area contributed by atoms with E-state index in [-0.39, 0.29) is 5.97 Å². The van der Waals surface area contributed by atoms with E-state index >= 15 is 0 Å². The van der Waals surface area contributed by atoms with Crippen molar-refractivity contribution >= 4 is 33.7 Å². The summed E-state index contributed by atoms with van der Waals surface area (Å²) >= 11 is 5.23. The van der Waals surface area contributed by atoms with Crippen LogP contribution in [-0.4, -0.2) is 29.9 Å². The Morgan fingerprint density at radius 2 is 2.10 bits per heavy atom. The number of nitrogens with one attached hydrogen (secondary N) is 1. The van der Waals surface area contributed by atoms with Gasteiger partial charge in [0.1, 0.15) is 5.54 Å². The highest BCUT2D eigenvalue weighted by Gasteiger charge is 2.40. The molecule has 0 saturated heterocycles. The summed E-state index contributed by atoms with van der Waals surface area (Å²) in [5, 5.41) is 3.77. The normalized spacial score (nSPS) is 18.9. The Hall–Kier alpha value is -0.520. The van der Waals surface area contributed by atoms with E-state index in [9.17, 15) is 4.79 Å². The highest BCUT2D eigenvalue weighted by Crippen LogP contribution is 2.32. The summed E-state index contributed by atoms with van der Waals surface area (Å²) in [6, 6.07) is 8.73. The van der Waals surface area contributed by atoms with Crippen molar-refractivity contribution in [2.45, 2.75) is 54.8 Å². The first-order valence-electron chi connectivity index (χ1n) is 7.21. The third-order valence-corrected chi connectivity index (χ3v) is 5.22. The predicted molar refractivity (Wildman–Crippen MR) is 90.7 cm³/mol. The number of rotatable bonds is 7.